The van der Waals surface area contributed by atoms with Crippen LogP contribution in [0, 0.1) is 6.92 Å². The van der Waals surface area contributed by atoms with E-state index in [9.17, 15) is 4.79 Å². The largest absolute Gasteiger partial charge is 0.366 e. The molecule has 3 rings (SSSR count). The van der Waals surface area contributed by atoms with Gasteiger partial charge in [-0.15, -0.1) is 11.3 Å². The van der Waals surface area contributed by atoms with E-state index >= 15 is 0 Å². The zero-order valence-electron chi connectivity index (χ0n) is 12.2. The summed E-state index contributed by atoms with van der Waals surface area (Å²) < 4.78 is 0. The number of carbonyl (C=O) groups is 1. The lowest BCUT2D eigenvalue weighted by Crippen LogP contribution is -2.11. The minimum atomic E-state index is -0.563. The summed E-state index contributed by atoms with van der Waals surface area (Å²) in [6, 6.07) is 9.30. The maximum atomic E-state index is 11.1. The topological polar surface area (TPSA) is 80.9 Å². The van der Waals surface area contributed by atoms with Crippen molar-refractivity contribution in [2.75, 3.05) is 5.32 Å². The molecule has 0 aliphatic heterocycles. The van der Waals surface area contributed by atoms with E-state index < -0.39 is 5.91 Å². The smallest absolute Gasteiger partial charge is 0.250 e. The molecule has 7 heteroatoms. The number of pyridine rings is 1. The maximum Gasteiger partial charge on any atom is 0.250 e. The van der Waals surface area contributed by atoms with Crippen LogP contribution in [0.25, 0.3) is 10.6 Å². The Hall–Kier alpha value is -2.44. The van der Waals surface area contributed by atoms with Crippen LogP contribution < -0.4 is 11.1 Å². The van der Waals surface area contributed by atoms with Gasteiger partial charge in [-0.25, -0.2) is 9.97 Å². The van der Waals surface area contributed by atoms with Crippen LogP contribution in [0.4, 0.5) is 11.5 Å². The predicted molar refractivity (Wildman–Crippen MR) is 93.3 cm³/mol. The molecule has 2 heterocycles. The number of hydrogen-bond donors (Lipinski definition) is 2. The van der Waals surface area contributed by atoms with Crippen LogP contribution in [0.1, 0.15) is 16.1 Å². The molecule has 1 aromatic carbocycles. The van der Waals surface area contributed by atoms with E-state index in [4.69, 9.17) is 17.3 Å². The predicted octanol–water partition coefficient (Wildman–Crippen LogP) is 4.01. The Labute approximate surface area is 142 Å². The first-order valence-electron chi connectivity index (χ1n) is 6.78. The van der Waals surface area contributed by atoms with E-state index in [0.717, 1.165) is 22.0 Å². The van der Waals surface area contributed by atoms with E-state index in [1.165, 1.54) is 12.3 Å². The van der Waals surface area contributed by atoms with Crippen molar-refractivity contribution >= 4 is 40.4 Å². The fourth-order valence-corrected chi connectivity index (χ4v) is 3.03. The van der Waals surface area contributed by atoms with Gasteiger partial charge in [0, 0.05) is 28.5 Å². The number of nitrogens with one attached hydrogen (secondary N) is 1. The second-order valence-electron chi connectivity index (χ2n) is 4.92. The summed E-state index contributed by atoms with van der Waals surface area (Å²) in [5.74, 6) is -0.101. The van der Waals surface area contributed by atoms with E-state index in [2.05, 4.69) is 15.3 Å². The average molecular weight is 345 g/mol. The van der Waals surface area contributed by atoms with Gasteiger partial charge in [-0.05, 0) is 25.1 Å². The summed E-state index contributed by atoms with van der Waals surface area (Å²) in [6.07, 6.45) is 1.39. The summed E-state index contributed by atoms with van der Waals surface area (Å²) in [5.41, 5.74) is 8.32. The Kier molecular flexibility index (Phi) is 4.27. The third kappa shape index (κ3) is 3.49. The van der Waals surface area contributed by atoms with Crippen LogP contribution in [0.2, 0.25) is 5.02 Å². The van der Waals surface area contributed by atoms with Gasteiger partial charge in [0.05, 0.1) is 10.6 Å². The summed E-state index contributed by atoms with van der Waals surface area (Å²) >= 11 is 7.73. The maximum absolute atomic E-state index is 11.1. The average Bonchev–Trinajstić information content (AvgIpc) is 2.96. The SMILES string of the molecule is Cc1csc(-c2cccc(Nc3ncc(C(N)=O)cc3Cl)c2)n1. The van der Waals surface area contributed by atoms with Gasteiger partial charge in [-0.2, -0.15) is 0 Å². The second-order valence-corrected chi connectivity index (χ2v) is 6.18. The lowest BCUT2D eigenvalue weighted by molar-refractivity contribution is 0.1000. The van der Waals surface area contributed by atoms with Crippen molar-refractivity contribution in [1.82, 2.24) is 9.97 Å². The number of thiazole rings is 1. The number of anilines is 2. The molecule has 5 nitrogen and oxygen atoms in total. The summed E-state index contributed by atoms with van der Waals surface area (Å²) in [4.78, 5) is 19.7. The second kappa shape index (κ2) is 6.36. The molecule has 0 aliphatic rings. The highest BCUT2D eigenvalue weighted by Crippen LogP contribution is 2.29. The van der Waals surface area contributed by atoms with Crippen LogP contribution in [-0.2, 0) is 0 Å². The highest BCUT2D eigenvalue weighted by Gasteiger charge is 2.09. The molecule has 2 aromatic heterocycles. The molecule has 0 atom stereocenters. The molecule has 0 radical (unpaired) electrons. The molecular formula is C16H13ClN4OS. The molecule has 0 unspecified atom stereocenters. The Morgan fingerprint density at radius 3 is 2.83 bits per heavy atom. The highest BCUT2D eigenvalue weighted by molar-refractivity contribution is 7.13. The molecule has 3 N–H and O–H groups in total. The Morgan fingerprint density at radius 1 is 1.35 bits per heavy atom. The molecule has 0 spiro atoms. The normalized spacial score (nSPS) is 10.5. The molecular weight excluding hydrogens is 332 g/mol. The number of aromatic nitrogens is 2. The molecule has 0 bridgehead atoms. The number of nitrogens with zero attached hydrogens (tertiary/aromatic N) is 2. The van der Waals surface area contributed by atoms with Gasteiger partial charge in [0.15, 0.2) is 0 Å². The molecule has 0 aliphatic carbocycles. The lowest BCUT2D eigenvalue weighted by Gasteiger charge is -2.09. The number of primary amides is 1. The Morgan fingerprint density at radius 2 is 2.17 bits per heavy atom. The zero-order chi connectivity index (χ0) is 16.4. The summed E-state index contributed by atoms with van der Waals surface area (Å²) in [7, 11) is 0. The van der Waals surface area contributed by atoms with Crippen molar-refractivity contribution in [2.45, 2.75) is 6.92 Å². The third-order valence-electron chi connectivity index (χ3n) is 3.12. The van der Waals surface area contributed by atoms with E-state index in [-0.39, 0.29) is 5.56 Å². The number of aryl methyl sites for hydroxylation is 1. The minimum Gasteiger partial charge on any atom is -0.366 e. The number of benzene rings is 1. The first kappa shape index (κ1) is 15.5. The van der Waals surface area contributed by atoms with Crippen LogP contribution in [0.5, 0.6) is 0 Å². The van der Waals surface area contributed by atoms with Gasteiger partial charge in [0.25, 0.3) is 0 Å². The third-order valence-corrected chi connectivity index (χ3v) is 4.41. The monoisotopic (exact) mass is 344 g/mol. The molecule has 23 heavy (non-hydrogen) atoms. The molecule has 0 saturated heterocycles. The molecule has 116 valence electrons. The van der Waals surface area contributed by atoms with Crippen LogP contribution in [0.3, 0.4) is 0 Å². The Balaban J connectivity index is 1.87. The van der Waals surface area contributed by atoms with Crippen molar-refractivity contribution in [3.05, 3.63) is 58.2 Å². The summed E-state index contributed by atoms with van der Waals surface area (Å²) in [5, 5.41) is 6.43. The quantitative estimate of drug-likeness (QED) is 0.749. The van der Waals surface area contributed by atoms with Gasteiger partial charge in [-0.1, -0.05) is 23.7 Å². The fourth-order valence-electron chi connectivity index (χ4n) is 2.02. The number of hydrogen-bond acceptors (Lipinski definition) is 5. The molecule has 0 saturated carbocycles. The minimum absolute atomic E-state index is 0.271. The number of halogens is 1. The van der Waals surface area contributed by atoms with E-state index in [0.29, 0.717) is 10.8 Å². The van der Waals surface area contributed by atoms with Gasteiger partial charge in [0.2, 0.25) is 5.91 Å². The first-order chi connectivity index (χ1) is 11.0. The van der Waals surface area contributed by atoms with Crippen molar-refractivity contribution in [3.8, 4) is 10.6 Å². The first-order valence-corrected chi connectivity index (χ1v) is 8.03. The van der Waals surface area contributed by atoms with Crippen molar-refractivity contribution < 1.29 is 4.79 Å². The number of carbonyl (C=O) groups excluding carboxylic acids is 1. The van der Waals surface area contributed by atoms with Crippen molar-refractivity contribution in [2.24, 2.45) is 5.73 Å². The fraction of sp³-hybridized carbons (Fsp3) is 0.0625. The van der Waals surface area contributed by atoms with Crippen molar-refractivity contribution in [1.29, 1.82) is 0 Å². The molecule has 3 aromatic rings. The van der Waals surface area contributed by atoms with Gasteiger partial charge >= 0.3 is 0 Å². The van der Waals surface area contributed by atoms with Gasteiger partial charge in [0.1, 0.15) is 10.8 Å². The van der Waals surface area contributed by atoms with Crippen LogP contribution >= 0.6 is 22.9 Å². The summed E-state index contributed by atoms with van der Waals surface area (Å²) in [6.45, 7) is 1.96. The van der Waals surface area contributed by atoms with E-state index in [1.54, 1.807) is 11.3 Å². The van der Waals surface area contributed by atoms with Crippen LogP contribution in [-0.4, -0.2) is 15.9 Å². The highest BCUT2D eigenvalue weighted by atomic mass is 35.5. The van der Waals surface area contributed by atoms with Crippen molar-refractivity contribution in [3.63, 3.8) is 0 Å². The standard InChI is InChI=1S/C16H13ClN4OS/c1-9-8-23-16(20-9)10-3-2-4-12(5-10)21-15-13(17)6-11(7-19-15)14(18)22/h2-8H,1H3,(H2,18,22)(H,19,21). The molecule has 0 fully saturated rings. The lowest BCUT2D eigenvalue weighted by atomic mass is 10.2. The molecule has 1 amide bonds. The number of rotatable bonds is 4. The Bertz CT molecular complexity index is 878. The van der Waals surface area contributed by atoms with Gasteiger partial charge in [-0.3, -0.25) is 4.79 Å². The van der Waals surface area contributed by atoms with Crippen LogP contribution in [0.15, 0.2) is 41.9 Å². The van der Waals surface area contributed by atoms with E-state index in [1.807, 2.05) is 36.6 Å². The number of nitrogens with two attached hydrogens (primary N) is 1. The number of amides is 1. The van der Waals surface area contributed by atoms with Gasteiger partial charge < -0.3 is 11.1 Å². The zero-order valence-corrected chi connectivity index (χ0v) is 13.8.